The maximum atomic E-state index is 15.3. The minimum atomic E-state index is -2.87. The Bertz CT molecular complexity index is 2400. The number of carboxylic acids is 1. The summed E-state index contributed by atoms with van der Waals surface area (Å²) >= 11 is 0. The number of benzene rings is 5. The van der Waals surface area contributed by atoms with E-state index in [1.165, 1.54) is 47.0 Å². The third kappa shape index (κ3) is 11.0. The van der Waals surface area contributed by atoms with Crippen LogP contribution in [0.25, 0.3) is 16.8 Å². The van der Waals surface area contributed by atoms with Crippen molar-refractivity contribution in [2.45, 2.75) is 156 Å². The number of halogens is 2. The van der Waals surface area contributed by atoms with Gasteiger partial charge in [0.25, 0.3) is 0 Å². The molecule has 0 heterocycles. The molecule has 0 fully saturated rings. The van der Waals surface area contributed by atoms with Gasteiger partial charge in [0.05, 0.1) is 5.56 Å². The monoisotopic (exact) mass is 893 g/mol. The molecule has 348 valence electrons. The van der Waals surface area contributed by atoms with Crippen molar-refractivity contribution in [2.75, 3.05) is 4.90 Å². The minimum absolute atomic E-state index is 0.00247. The fraction of sp³-hybridized carbons (Fsp3) is 0.414. The Morgan fingerprint density at radius 3 is 1.48 bits per heavy atom. The predicted molar refractivity (Wildman–Crippen MR) is 273 cm³/mol. The Morgan fingerprint density at radius 2 is 1.05 bits per heavy atom. The van der Waals surface area contributed by atoms with Gasteiger partial charge in [-0.2, -0.15) is 0 Å². The van der Waals surface area contributed by atoms with Crippen molar-refractivity contribution in [3.05, 3.63) is 154 Å². The summed E-state index contributed by atoms with van der Waals surface area (Å²) in [5.41, 5.74) is 10.9. The van der Waals surface area contributed by atoms with Gasteiger partial charge in [-0.25, -0.2) is 4.79 Å². The van der Waals surface area contributed by atoms with Gasteiger partial charge in [-0.3, -0.25) is 13.4 Å². The molecule has 0 aromatic heterocycles. The van der Waals surface area contributed by atoms with Crippen LogP contribution in [0.4, 0.5) is 25.7 Å². The molecule has 5 aromatic carbocycles. The van der Waals surface area contributed by atoms with Crippen LogP contribution in [0.5, 0.6) is 0 Å². The molecule has 1 aliphatic rings. The number of hydrogen-bond donors (Lipinski definition) is 1. The molecule has 0 saturated carbocycles. The number of carbonyl (C=O) groups excluding carboxylic acids is 1. The number of rotatable bonds is 20. The molecule has 0 radical (unpaired) electrons. The van der Waals surface area contributed by atoms with E-state index in [-0.39, 0.29) is 27.7 Å². The Morgan fingerprint density at radius 1 is 0.606 bits per heavy atom. The average molecular weight is 893 g/mol. The highest BCUT2D eigenvalue weighted by atomic mass is 19.2. The van der Waals surface area contributed by atoms with E-state index in [2.05, 4.69) is 139 Å². The molecule has 5 aromatic rings. The zero-order chi connectivity index (χ0) is 48.0. The second kappa shape index (κ2) is 21.0. The van der Waals surface area contributed by atoms with E-state index in [4.69, 9.17) is 0 Å². The zero-order valence-electron chi connectivity index (χ0n) is 41.1. The summed E-state index contributed by atoms with van der Waals surface area (Å²) in [6.45, 7) is 21.3. The molecule has 0 spiro atoms. The topological polar surface area (TPSA) is 60.9 Å². The van der Waals surface area contributed by atoms with Gasteiger partial charge in [0.2, 0.25) is 0 Å². The number of carboxylic acid groups (broad SMARTS) is 1. The van der Waals surface area contributed by atoms with E-state index < -0.39 is 30.6 Å². The van der Waals surface area contributed by atoms with Crippen LogP contribution in [0.1, 0.15) is 182 Å². The number of nitrogens with zero attached hydrogens (tertiary/aromatic N) is 2. The lowest BCUT2D eigenvalue weighted by molar-refractivity contribution is 0.0696. The van der Waals surface area contributed by atoms with Gasteiger partial charge in [0, 0.05) is 45.9 Å². The predicted octanol–water partition coefficient (Wildman–Crippen LogP) is 16.5. The van der Waals surface area contributed by atoms with Gasteiger partial charge < -0.3 is 14.8 Å². The number of fused-ring (bicyclic) bond motifs is 3. The third-order valence-corrected chi connectivity index (χ3v) is 13.5. The Balaban J connectivity index is 1.58. The molecule has 8 heteroatoms. The van der Waals surface area contributed by atoms with Crippen molar-refractivity contribution in [1.29, 1.82) is 0 Å². The van der Waals surface area contributed by atoms with Gasteiger partial charge in [-0.05, 0) is 131 Å². The molecule has 0 atom stereocenters. The second-order valence-electron chi connectivity index (χ2n) is 20.7. The van der Waals surface area contributed by atoms with Crippen LogP contribution in [-0.4, -0.2) is 35.1 Å². The largest absolute Gasteiger partial charge is 0.673 e. The lowest BCUT2D eigenvalue weighted by atomic mass is 9.70. The van der Waals surface area contributed by atoms with E-state index >= 15 is 8.63 Å². The number of anilines is 3. The molecule has 5 nitrogen and oxygen atoms in total. The number of hydrogen-bond acceptors (Lipinski definition) is 4. The maximum absolute atomic E-state index is 15.3. The normalized spacial score (nSPS) is 13.4. The molecule has 0 bridgehead atoms. The van der Waals surface area contributed by atoms with Gasteiger partial charge >= 0.3 is 13.4 Å². The van der Waals surface area contributed by atoms with Crippen LogP contribution in [0.15, 0.2) is 115 Å². The molecule has 6 rings (SSSR count). The molecule has 1 N–H and O–H groups in total. The first-order valence-electron chi connectivity index (χ1n) is 24.3. The van der Waals surface area contributed by atoms with Crippen LogP contribution in [0.3, 0.4) is 0 Å². The van der Waals surface area contributed by atoms with Crippen molar-refractivity contribution in [1.82, 2.24) is 4.81 Å². The standard InChI is InChI=1S/C58H71BF2N2O3/c1-11-13-15-17-35-58(36-18-16-14-12-2)51-37-43(53(63(40(3)4)59(60)61)39-54(64)41-19-21-42(22-20-41)55(65)66)23-33-49(51)50-34-32-48(38-52(50)58)62(46-28-24-44(25-29-46)56(5,6)7)47-30-26-45(27-31-47)57(8,9)10/h19-34,37-40H,11-18,35-36H2,1-10H3,(H,65,66)/b53-39-. The molecular weight excluding hydrogens is 821 g/mol. The fourth-order valence-corrected chi connectivity index (χ4v) is 9.72. The van der Waals surface area contributed by atoms with Crippen LogP contribution in [0.2, 0.25) is 0 Å². The van der Waals surface area contributed by atoms with Gasteiger partial charge in [-0.15, -0.1) is 0 Å². The number of unbranched alkanes of at least 4 members (excludes halogenated alkanes) is 6. The van der Waals surface area contributed by atoms with Crippen LogP contribution >= 0.6 is 0 Å². The number of ketones is 1. The molecule has 1 aliphatic carbocycles. The lowest BCUT2D eigenvalue weighted by Crippen LogP contribution is -2.37. The first-order chi connectivity index (χ1) is 31.3. The average Bonchev–Trinajstić information content (AvgIpc) is 3.54. The zero-order valence-corrected chi connectivity index (χ0v) is 41.1. The van der Waals surface area contributed by atoms with Crippen LogP contribution in [-0.2, 0) is 16.2 Å². The van der Waals surface area contributed by atoms with Gasteiger partial charge in [0.15, 0.2) is 5.78 Å². The molecule has 66 heavy (non-hydrogen) atoms. The van der Waals surface area contributed by atoms with Gasteiger partial charge in [0.1, 0.15) is 0 Å². The van der Waals surface area contributed by atoms with E-state index in [1.54, 1.807) is 13.8 Å². The third-order valence-electron chi connectivity index (χ3n) is 13.5. The van der Waals surface area contributed by atoms with Crippen molar-refractivity contribution in [3.63, 3.8) is 0 Å². The number of carbonyl (C=O) groups is 2. The summed E-state index contributed by atoms with van der Waals surface area (Å²) in [7, 11) is -2.87. The summed E-state index contributed by atoms with van der Waals surface area (Å²) in [6, 6.07) is 35.9. The van der Waals surface area contributed by atoms with Crippen LogP contribution in [0, 0.1) is 0 Å². The summed E-state index contributed by atoms with van der Waals surface area (Å²) in [6.07, 6.45) is 11.8. The van der Waals surface area contributed by atoms with E-state index in [1.807, 2.05) is 6.07 Å². The van der Waals surface area contributed by atoms with E-state index in [9.17, 15) is 14.7 Å². The Hall–Kier alpha value is -5.50. The summed E-state index contributed by atoms with van der Waals surface area (Å²) < 4.78 is 30.5. The van der Waals surface area contributed by atoms with Crippen molar-refractivity contribution >= 4 is 41.9 Å². The van der Waals surface area contributed by atoms with E-state index in [0.717, 1.165) is 103 Å². The fourth-order valence-electron chi connectivity index (χ4n) is 9.72. The van der Waals surface area contributed by atoms with Gasteiger partial charge in [-0.1, -0.05) is 161 Å². The Kier molecular flexibility index (Phi) is 15.9. The second-order valence-corrected chi connectivity index (χ2v) is 20.7. The summed E-state index contributed by atoms with van der Waals surface area (Å²) in [5, 5.41) is 9.47. The number of aromatic carboxylic acids is 1. The van der Waals surface area contributed by atoms with Crippen molar-refractivity contribution in [3.8, 4) is 11.1 Å². The highest BCUT2D eigenvalue weighted by Gasteiger charge is 2.43. The molecule has 0 saturated heterocycles. The molecule has 0 unspecified atom stereocenters. The highest BCUT2D eigenvalue weighted by molar-refractivity contribution is 6.42. The SMILES string of the molecule is CCCCCCC1(CCCCCC)c2cc(/C(=C/C(=O)c3ccc(C(=O)O)cc3)N(B(F)F)C(C)C)ccc2-c2ccc(N(c3ccc(C(C)(C)C)cc3)c3ccc(C(C)(C)C)cc3)cc21. The summed E-state index contributed by atoms with van der Waals surface area (Å²) in [5.74, 6) is -1.58. The van der Waals surface area contributed by atoms with Crippen molar-refractivity contribution in [2.24, 2.45) is 0 Å². The minimum Gasteiger partial charge on any atom is -0.478 e. The molecule has 0 aliphatic heterocycles. The number of allylic oxidation sites excluding steroid dienone is 1. The van der Waals surface area contributed by atoms with Crippen molar-refractivity contribution < 1.29 is 23.3 Å². The molecular formula is C58H71BF2N2O3. The Labute approximate surface area is 394 Å². The first kappa shape index (κ1) is 49.9. The smallest absolute Gasteiger partial charge is 0.478 e. The first-order valence-corrected chi connectivity index (χ1v) is 24.3. The van der Waals surface area contributed by atoms with Crippen LogP contribution < -0.4 is 4.90 Å². The highest BCUT2D eigenvalue weighted by Crippen LogP contribution is 2.56. The maximum Gasteiger partial charge on any atom is 0.673 e. The lowest BCUT2D eigenvalue weighted by Gasteiger charge is -2.35. The summed E-state index contributed by atoms with van der Waals surface area (Å²) in [4.78, 5) is 28.9. The quantitative estimate of drug-likeness (QED) is 0.0365. The van der Waals surface area contributed by atoms with E-state index in [0.29, 0.717) is 5.56 Å². The molecule has 0 amide bonds.